The Bertz CT molecular complexity index is 955. The van der Waals surface area contributed by atoms with Gasteiger partial charge in [0.25, 0.3) is 11.8 Å². The summed E-state index contributed by atoms with van der Waals surface area (Å²) in [4.78, 5) is 38.1. The molecule has 2 fully saturated rings. The van der Waals surface area contributed by atoms with Gasteiger partial charge in [0.15, 0.2) is 0 Å². The van der Waals surface area contributed by atoms with Gasteiger partial charge in [0.2, 0.25) is 0 Å². The third-order valence-corrected chi connectivity index (χ3v) is 5.09. The van der Waals surface area contributed by atoms with Crippen molar-refractivity contribution in [3.8, 4) is 11.5 Å². The predicted octanol–water partition coefficient (Wildman–Crippen LogP) is 2.43. The van der Waals surface area contributed by atoms with Crippen LogP contribution in [0.1, 0.15) is 23.2 Å². The summed E-state index contributed by atoms with van der Waals surface area (Å²) < 4.78 is 11.2. The Balaban J connectivity index is 1.56. The smallest absolute Gasteiger partial charge is 0.329 e. The fourth-order valence-electron chi connectivity index (χ4n) is 3.66. The van der Waals surface area contributed by atoms with Crippen molar-refractivity contribution in [1.29, 1.82) is 0 Å². The number of nitrogens with one attached hydrogen (secondary N) is 1. The number of primary amides is 1. The summed E-state index contributed by atoms with van der Waals surface area (Å²) in [7, 11) is 0. The number of anilines is 1. The number of urea groups is 1. The molecule has 2 aliphatic rings. The molecule has 0 aliphatic carbocycles. The molecule has 0 spiro atoms. The lowest BCUT2D eigenvalue weighted by molar-refractivity contribution is -0.120. The minimum atomic E-state index is -0.608. The van der Waals surface area contributed by atoms with Gasteiger partial charge in [0.05, 0.1) is 17.9 Å². The molecule has 2 atom stereocenters. The van der Waals surface area contributed by atoms with E-state index in [9.17, 15) is 14.4 Å². The number of hydrogen-bond acceptors (Lipinski definition) is 5. The van der Waals surface area contributed by atoms with Crippen molar-refractivity contribution in [2.75, 3.05) is 18.1 Å². The van der Waals surface area contributed by atoms with E-state index >= 15 is 0 Å². The number of nitrogens with zero attached hydrogens (tertiary/aromatic N) is 1. The second-order valence-electron chi connectivity index (χ2n) is 7.04. The summed E-state index contributed by atoms with van der Waals surface area (Å²) in [6, 6.07) is 12.1. The third kappa shape index (κ3) is 3.79. The van der Waals surface area contributed by atoms with Crippen molar-refractivity contribution >= 4 is 23.5 Å². The van der Waals surface area contributed by atoms with E-state index in [2.05, 4.69) is 5.32 Å². The summed E-state index contributed by atoms with van der Waals surface area (Å²) in [5, 5.41) is 2.77. The highest BCUT2D eigenvalue weighted by atomic mass is 16.5. The molecule has 2 saturated heterocycles. The van der Waals surface area contributed by atoms with Crippen molar-refractivity contribution in [2.24, 2.45) is 11.7 Å². The Morgan fingerprint density at radius 2 is 2.00 bits per heavy atom. The van der Waals surface area contributed by atoms with E-state index in [4.69, 9.17) is 15.2 Å². The largest absolute Gasteiger partial charge is 0.456 e. The van der Waals surface area contributed by atoms with Gasteiger partial charge in [-0.15, -0.1) is 0 Å². The van der Waals surface area contributed by atoms with E-state index in [1.165, 1.54) is 0 Å². The van der Waals surface area contributed by atoms with Crippen LogP contribution in [0.2, 0.25) is 0 Å². The molecule has 2 aromatic rings. The monoisotopic (exact) mass is 395 g/mol. The summed E-state index contributed by atoms with van der Waals surface area (Å²) in [6.45, 7) is 1.14. The van der Waals surface area contributed by atoms with Crippen LogP contribution in [0.15, 0.2) is 48.5 Å². The normalized spacial score (nSPS) is 21.7. The van der Waals surface area contributed by atoms with Crippen molar-refractivity contribution < 1.29 is 23.9 Å². The van der Waals surface area contributed by atoms with Gasteiger partial charge in [0, 0.05) is 18.6 Å². The van der Waals surface area contributed by atoms with Crippen molar-refractivity contribution in [3.63, 3.8) is 0 Å². The summed E-state index contributed by atoms with van der Waals surface area (Å²) >= 11 is 0. The van der Waals surface area contributed by atoms with Crippen LogP contribution in [0.4, 0.5) is 10.5 Å². The first-order valence-electron chi connectivity index (χ1n) is 9.43. The SMILES string of the molecule is NC(=O)c1ccccc1Oc1cccc(N2C(=O)NC(C3CCCOC3)C2=O)c1. The Hall–Kier alpha value is -3.39. The van der Waals surface area contributed by atoms with Gasteiger partial charge in [-0.1, -0.05) is 18.2 Å². The second-order valence-corrected chi connectivity index (χ2v) is 7.04. The maximum absolute atomic E-state index is 12.9. The molecule has 2 aliphatic heterocycles. The average molecular weight is 395 g/mol. The van der Waals surface area contributed by atoms with Gasteiger partial charge in [-0.25, -0.2) is 9.69 Å². The number of carbonyl (C=O) groups excluding carboxylic acids is 3. The second kappa shape index (κ2) is 7.92. The number of hydrogen-bond donors (Lipinski definition) is 2. The number of ether oxygens (including phenoxy) is 2. The predicted molar refractivity (Wildman–Crippen MR) is 105 cm³/mol. The maximum Gasteiger partial charge on any atom is 0.329 e. The van der Waals surface area contributed by atoms with Gasteiger partial charge in [-0.05, 0) is 37.1 Å². The van der Waals surface area contributed by atoms with Gasteiger partial charge in [-0.3, -0.25) is 9.59 Å². The minimum Gasteiger partial charge on any atom is -0.456 e. The molecule has 0 aromatic heterocycles. The quantitative estimate of drug-likeness (QED) is 0.756. The van der Waals surface area contributed by atoms with E-state index in [0.29, 0.717) is 30.4 Å². The maximum atomic E-state index is 12.9. The van der Waals surface area contributed by atoms with Crippen LogP contribution < -0.4 is 20.7 Å². The molecule has 150 valence electrons. The van der Waals surface area contributed by atoms with Crippen molar-refractivity contribution in [1.82, 2.24) is 5.32 Å². The molecule has 2 unspecified atom stereocenters. The van der Waals surface area contributed by atoms with Crippen LogP contribution in [-0.4, -0.2) is 37.1 Å². The first-order valence-corrected chi connectivity index (χ1v) is 9.43. The molecule has 0 bridgehead atoms. The lowest BCUT2D eigenvalue weighted by atomic mass is 9.94. The van der Waals surface area contributed by atoms with Crippen LogP contribution >= 0.6 is 0 Å². The van der Waals surface area contributed by atoms with E-state index in [1.807, 2.05) is 0 Å². The molecule has 4 amide bonds. The summed E-state index contributed by atoms with van der Waals surface area (Å²) in [5.74, 6) is -0.275. The summed E-state index contributed by atoms with van der Waals surface area (Å²) in [6.07, 6.45) is 1.70. The van der Waals surface area contributed by atoms with Crippen LogP contribution in [-0.2, 0) is 9.53 Å². The highest BCUT2D eigenvalue weighted by Crippen LogP contribution is 2.31. The summed E-state index contributed by atoms with van der Waals surface area (Å²) in [5.41, 5.74) is 6.02. The highest BCUT2D eigenvalue weighted by Gasteiger charge is 2.43. The number of carbonyl (C=O) groups is 3. The van der Waals surface area contributed by atoms with Gasteiger partial charge in [-0.2, -0.15) is 0 Å². The van der Waals surface area contributed by atoms with Crippen molar-refractivity contribution in [2.45, 2.75) is 18.9 Å². The van der Waals surface area contributed by atoms with E-state index < -0.39 is 18.0 Å². The lowest BCUT2D eigenvalue weighted by Crippen LogP contribution is -2.41. The van der Waals surface area contributed by atoms with E-state index in [-0.39, 0.29) is 17.4 Å². The Morgan fingerprint density at radius 1 is 1.17 bits per heavy atom. The fourth-order valence-corrected chi connectivity index (χ4v) is 3.66. The molecule has 4 rings (SSSR count). The van der Waals surface area contributed by atoms with Crippen LogP contribution in [0.25, 0.3) is 0 Å². The van der Waals surface area contributed by atoms with Crippen LogP contribution in [0, 0.1) is 5.92 Å². The fraction of sp³-hybridized carbons (Fsp3) is 0.286. The van der Waals surface area contributed by atoms with E-state index in [1.54, 1.807) is 48.5 Å². The molecular weight excluding hydrogens is 374 g/mol. The van der Waals surface area contributed by atoms with Crippen molar-refractivity contribution in [3.05, 3.63) is 54.1 Å². The molecular formula is C21H21N3O5. The Kier molecular flexibility index (Phi) is 5.18. The number of amides is 4. The Labute approximate surface area is 167 Å². The number of nitrogens with two attached hydrogens (primary N) is 1. The molecule has 29 heavy (non-hydrogen) atoms. The highest BCUT2D eigenvalue weighted by molar-refractivity contribution is 6.21. The molecule has 8 heteroatoms. The zero-order chi connectivity index (χ0) is 20.4. The molecule has 0 saturated carbocycles. The van der Waals surface area contributed by atoms with Crippen LogP contribution in [0.3, 0.4) is 0 Å². The number of benzene rings is 2. The average Bonchev–Trinajstić information content (AvgIpc) is 3.03. The van der Waals surface area contributed by atoms with Gasteiger partial charge < -0.3 is 20.5 Å². The molecule has 2 heterocycles. The number of rotatable bonds is 5. The standard InChI is InChI=1S/C21H21N3O5/c22-19(25)16-8-1-2-9-17(16)29-15-7-3-6-14(11-15)24-20(26)18(23-21(24)27)13-5-4-10-28-12-13/h1-3,6-9,11,13,18H,4-5,10,12H2,(H2,22,25)(H,23,27). The number of imide groups is 1. The number of para-hydroxylation sites is 1. The topological polar surface area (TPSA) is 111 Å². The lowest BCUT2D eigenvalue weighted by Gasteiger charge is -2.25. The molecule has 3 N–H and O–H groups in total. The van der Waals surface area contributed by atoms with Crippen LogP contribution in [0.5, 0.6) is 11.5 Å². The first kappa shape index (κ1) is 18.9. The molecule has 2 aromatic carbocycles. The zero-order valence-corrected chi connectivity index (χ0v) is 15.7. The Morgan fingerprint density at radius 3 is 2.76 bits per heavy atom. The molecule has 0 radical (unpaired) electrons. The third-order valence-electron chi connectivity index (χ3n) is 5.09. The van der Waals surface area contributed by atoms with Gasteiger partial charge >= 0.3 is 6.03 Å². The zero-order valence-electron chi connectivity index (χ0n) is 15.7. The molecule has 8 nitrogen and oxygen atoms in total. The van der Waals surface area contributed by atoms with Gasteiger partial charge in [0.1, 0.15) is 17.5 Å². The van der Waals surface area contributed by atoms with E-state index in [0.717, 1.165) is 17.7 Å². The minimum absolute atomic E-state index is 0.0351. The first-order chi connectivity index (χ1) is 14.0.